The minimum absolute atomic E-state index is 0.247. The molecule has 0 bridgehead atoms. The molecule has 2 aromatic rings. The summed E-state index contributed by atoms with van der Waals surface area (Å²) in [6.45, 7) is 6.94. The van der Waals surface area contributed by atoms with Gasteiger partial charge in [0.2, 0.25) is 0 Å². The standard InChI is InChI=1S/C16H21N/c1-4-5-10-16(2,3)15-8-6-7-13-12-17-11-9-14(13)15/h6-9,11-12H,4-5,10H2,1-3H3. The first-order chi connectivity index (χ1) is 8.15. The van der Waals surface area contributed by atoms with E-state index in [1.54, 1.807) is 0 Å². The molecule has 17 heavy (non-hydrogen) atoms. The Morgan fingerprint density at radius 3 is 2.76 bits per heavy atom. The van der Waals surface area contributed by atoms with Crippen molar-refractivity contribution in [1.29, 1.82) is 0 Å². The van der Waals surface area contributed by atoms with E-state index in [9.17, 15) is 0 Å². The number of unbranched alkanes of at least 4 members (excludes halogenated alkanes) is 1. The molecule has 0 aliphatic heterocycles. The monoisotopic (exact) mass is 227 g/mol. The van der Waals surface area contributed by atoms with Crippen molar-refractivity contribution in [2.75, 3.05) is 0 Å². The number of hydrogen-bond donors (Lipinski definition) is 0. The van der Waals surface area contributed by atoms with E-state index in [0.29, 0.717) is 0 Å². The van der Waals surface area contributed by atoms with Gasteiger partial charge in [0.15, 0.2) is 0 Å². The molecule has 1 nitrogen and oxygen atoms in total. The number of benzene rings is 1. The number of fused-ring (bicyclic) bond motifs is 1. The second-order valence-corrected chi connectivity index (χ2v) is 5.39. The van der Waals surface area contributed by atoms with Gasteiger partial charge in [-0.25, -0.2) is 0 Å². The summed E-state index contributed by atoms with van der Waals surface area (Å²) in [6, 6.07) is 8.69. The highest BCUT2D eigenvalue weighted by Gasteiger charge is 2.21. The van der Waals surface area contributed by atoms with E-state index in [1.165, 1.54) is 35.6 Å². The maximum atomic E-state index is 4.20. The Balaban J connectivity index is 2.47. The molecule has 0 spiro atoms. The van der Waals surface area contributed by atoms with E-state index in [1.807, 2.05) is 12.4 Å². The number of rotatable bonds is 4. The fraction of sp³-hybridized carbons (Fsp3) is 0.438. The van der Waals surface area contributed by atoms with Crippen LogP contribution in [0, 0.1) is 0 Å². The summed E-state index contributed by atoms with van der Waals surface area (Å²) < 4.78 is 0. The second kappa shape index (κ2) is 4.87. The molecule has 0 aliphatic carbocycles. The topological polar surface area (TPSA) is 12.9 Å². The number of hydrogen-bond acceptors (Lipinski definition) is 1. The van der Waals surface area contributed by atoms with E-state index in [2.05, 4.69) is 50.0 Å². The van der Waals surface area contributed by atoms with E-state index < -0.39 is 0 Å². The Kier molecular flexibility index (Phi) is 3.46. The van der Waals surface area contributed by atoms with Crippen LogP contribution in [0.25, 0.3) is 10.8 Å². The molecule has 2 rings (SSSR count). The number of pyridine rings is 1. The average Bonchev–Trinajstić information content (AvgIpc) is 2.36. The van der Waals surface area contributed by atoms with Crippen LogP contribution in [0.3, 0.4) is 0 Å². The smallest absolute Gasteiger partial charge is 0.0346 e. The molecule has 0 saturated heterocycles. The van der Waals surface area contributed by atoms with Crippen LogP contribution in [-0.4, -0.2) is 4.98 Å². The van der Waals surface area contributed by atoms with Crippen LogP contribution in [0.2, 0.25) is 0 Å². The summed E-state index contributed by atoms with van der Waals surface area (Å²) in [5.41, 5.74) is 1.70. The quantitative estimate of drug-likeness (QED) is 0.737. The molecule has 1 aromatic carbocycles. The first kappa shape index (κ1) is 12.1. The third kappa shape index (κ3) is 2.49. The SMILES string of the molecule is CCCCC(C)(C)c1cccc2cnccc12. The molecule has 0 unspecified atom stereocenters. The van der Waals surface area contributed by atoms with Crippen LogP contribution in [-0.2, 0) is 5.41 Å². The minimum Gasteiger partial charge on any atom is -0.264 e. The van der Waals surface area contributed by atoms with E-state index in [0.717, 1.165) is 0 Å². The molecule has 0 amide bonds. The molecule has 0 saturated carbocycles. The second-order valence-electron chi connectivity index (χ2n) is 5.39. The van der Waals surface area contributed by atoms with Crippen molar-refractivity contribution in [3.8, 4) is 0 Å². The third-order valence-corrected chi connectivity index (χ3v) is 3.57. The lowest BCUT2D eigenvalue weighted by Crippen LogP contribution is -2.17. The molecule has 1 aromatic heterocycles. The lowest BCUT2D eigenvalue weighted by molar-refractivity contribution is 0.461. The number of nitrogens with zero attached hydrogens (tertiary/aromatic N) is 1. The van der Waals surface area contributed by atoms with Gasteiger partial charge in [0.1, 0.15) is 0 Å². The van der Waals surface area contributed by atoms with Crippen molar-refractivity contribution in [3.63, 3.8) is 0 Å². The summed E-state index contributed by atoms with van der Waals surface area (Å²) in [7, 11) is 0. The normalized spacial score (nSPS) is 11.9. The molecule has 0 fully saturated rings. The Morgan fingerprint density at radius 1 is 1.18 bits per heavy atom. The average molecular weight is 227 g/mol. The van der Waals surface area contributed by atoms with Crippen molar-refractivity contribution in [1.82, 2.24) is 4.98 Å². The summed E-state index contributed by atoms with van der Waals surface area (Å²) in [6.07, 6.45) is 7.63. The molecule has 0 radical (unpaired) electrons. The van der Waals surface area contributed by atoms with Crippen molar-refractivity contribution < 1.29 is 0 Å². The molecule has 0 atom stereocenters. The third-order valence-electron chi connectivity index (χ3n) is 3.57. The van der Waals surface area contributed by atoms with Gasteiger partial charge in [-0.15, -0.1) is 0 Å². The largest absolute Gasteiger partial charge is 0.264 e. The van der Waals surface area contributed by atoms with Gasteiger partial charge < -0.3 is 0 Å². The van der Waals surface area contributed by atoms with Gasteiger partial charge in [0, 0.05) is 17.8 Å². The van der Waals surface area contributed by atoms with Crippen LogP contribution < -0.4 is 0 Å². The van der Waals surface area contributed by atoms with Crippen molar-refractivity contribution in [3.05, 3.63) is 42.2 Å². The molecular formula is C16H21N. The predicted molar refractivity (Wildman–Crippen MR) is 74.3 cm³/mol. The van der Waals surface area contributed by atoms with Gasteiger partial charge >= 0.3 is 0 Å². The van der Waals surface area contributed by atoms with Crippen LogP contribution in [0.5, 0.6) is 0 Å². The first-order valence-electron chi connectivity index (χ1n) is 6.48. The van der Waals surface area contributed by atoms with Crippen LogP contribution >= 0.6 is 0 Å². The molecule has 0 N–H and O–H groups in total. The van der Waals surface area contributed by atoms with Gasteiger partial charge in [-0.3, -0.25) is 4.98 Å². The highest BCUT2D eigenvalue weighted by molar-refractivity contribution is 5.85. The molecule has 1 heterocycles. The van der Waals surface area contributed by atoms with Gasteiger partial charge in [-0.05, 0) is 28.9 Å². The Morgan fingerprint density at radius 2 is 2.00 bits per heavy atom. The highest BCUT2D eigenvalue weighted by Crippen LogP contribution is 2.33. The van der Waals surface area contributed by atoms with Crippen molar-refractivity contribution >= 4 is 10.8 Å². The fourth-order valence-electron chi connectivity index (χ4n) is 2.47. The zero-order chi connectivity index (χ0) is 12.3. The molecular weight excluding hydrogens is 206 g/mol. The van der Waals surface area contributed by atoms with Crippen LogP contribution in [0.4, 0.5) is 0 Å². The van der Waals surface area contributed by atoms with Crippen molar-refractivity contribution in [2.45, 2.75) is 45.4 Å². The Bertz CT molecular complexity index is 494. The fourth-order valence-corrected chi connectivity index (χ4v) is 2.47. The van der Waals surface area contributed by atoms with E-state index in [-0.39, 0.29) is 5.41 Å². The molecule has 1 heteroatoms. The Labute approximate surface area is 104 Å². The molecule has 0 aliphatic rings. The predicted octanol–water partition coefficient (Wildman–Crippen LogP) is 4.70. The minimum atomic E-state index is 0.247. The maximum absolute atomic E-state index is 4.20. The van der Waals surface area contributed by atoms with Crippen LogP contribution in [0.1, 0.15) is 45.6 Å². The van der Waals surface area contributed by atoms with Crippen LogP contribution in [0.15, 0.2) is 36.7 Å². The summed E-state index contributed by atoms with van der Waals surface area (Å²) in [4.78, 5) is 4.20. The first-order valence-corrected chi connectivity index (χ1v) is 6.48. The Hall–Kier alpha value is -1.37. The van der Waals surface area contributed by atoms with Gasteiger partial charge in [-0.2, -0.15) is 0 Å². The van der Waals surface area contributed by atoms with Gasteiger partial charge in [-0.1, -0.05) is 51.8 Å². The van der Waals surface area contributed by atoms with E-state index in [4.69, 9.17) is 0 Å². The summed E-state index contributed by atoms with van der Waals surface area (Å²) in [5.74, 6) is 0. The highest BCUT2D eigenvalue weighted by atomic mass is 14.6. The zero-order valence-electron chi connectivity index (χ0n) is 11.0. The van der Waals surface area contributed by atoms with Gasteiger partial charge in [0.05, 0.1) is 0 Å². The lowest BCUT2D eigenvalue weighted by atomic mass is 9.78. The van der Waals surface area contributed by atoms with E-state index >= 15 is 0 Å². The van der Waals surface area contributed by atoms with Gasteiger partial charge in [0.25, 0.3) is 0 Å². The maximum Gasteiger partial charge on any atom is 0.0346 e. The van der Waals surface area contributed by atoms with Crippen molar-refractivity contribution in [2.24, 2.45) is 0 Å². The lowest BCUT2D eigenvalue weighted by Gasteiger charge is -2.26. The number of aromatic nitrogens is 1. The summed E-state index contributed by atoms with van der Waals surface area (Å²) >= 11 is 0. The zero-order valence-corrected chi connectivity index (χ0v) is 11.0. The molecule has 90 valence electrons. The summed E-state index contributed by atoms with van der Waals surface area (Å²) in [5, 5.41) is 2.60.